The zero-order valence-electron chi connectivity index (χ0n) is 13.0. The van der Waals surface area contributed by atoms with Crippen LogP contribution in [-0.4, -0.2) is 34.6 Å². The Morgan fingerprint density at radius 1 is 1.35 bits per heavy atom. The standard InChI is InChI=1S/C15H11ClN4O4S2/c16-12-14(20-5-6-25-15(20)19-12)26(22,23)24-9-1-2-10-8(7-9)3-4-18-11(10)13(17)21/h1-4,7H,5-6H2,(H2,17,21). The second kappa shape index (κ2) is 6.15. The van der Waals surface area contributed by atoms with Crippen molar-refractivity contribution in [2.75, 3.05) is 5.75 Å². The number of imidazole rings is 1. The van der Waals surface area contributed by atoms with Crippen LogP contribution in [0.25, 0.3) is 10.8 Å². The lowest BCUT2D eigenvalue weighted by Gasteiger charge is -2.10. The second-order valence-corrected chi connectivity index (χ2v) is 8.32. The Morgan fingerprint density at radius 3 is 2.92 bits per heavy atom. The molecular weight excluding hydrogens is 400 g/mol. The monoisotopic (exact) mass is 410 g/mol. The van der Waals surface area contributed by atoms with Gasteiger partial charge in [-0.25, -0.2) is 4.98 Å². The van der Waals surface area contributed by atoms with Crippen LogP contribution >= 0.6 is 23.4 Å². The second-order valence-electron chi connectivity index (χ2n) is 5.43. The first-order valence-corrected chi connectivity index (χ1v) is 10.2. The fourth-order valence-electron chi connectivity index (χ4n) is 2.73. The number of primary amides is 1. The van der Waals surface area contributed by atoms with Crippen molar-refractivity contribution in [3.05, 3.63) is 41.3 Å². The number of hydrogen-bond donors (Lipinski definition) is 1. The summed E-state index contributed by atoms with van der Waals surface area (Å²) in [7, 11) is -4.17. The summed E-state index contributed by atoms with van der Waals surface area (Å²) in [6, 6.07) is 6.08. The Balaban J connectivity index is 1.74. The van der Waals surface area contributed by atoms with Gasteiger partial charge >= 0.3 is 10.1 Å². The molecule has 0 atom stereocenters. The molecule has 1 aliphatic heterocycles. The Bertz CT molecular complexity index is 1160. The van der Waals surface area contributed by atoms with Crippen LogP contribution < -0.4 is 9.92 Å². The highest BCUT2D eigenvalue weighted by atomic mass is 35.5. The van der Waals surface area contributed by atoms with Crippen molar-refractivity contribution in [2.24, 2.45) is 5.73 Å². The molecule has 1 aromatic carbocycles. The summed E-state index contributed by atoms with van der Waals surface area (Å²) < 4.78 is 32.2. The molecule has 3 aromatic rings. The number of carbonyl (C=O) groups excluding carboxylic acids is 1. The highest BCUT2D eigenvalue weighted by molar-refractivity contribution is 7.99. The van der Waals surface area contributed by atoms with Gasteiger partial charge in [0.15, 0.2) is 10.3 Å². The van der Waals surface area contributed by atoms with E-state index in [4.69, 9.17) is 21.5 Å². The van der Waals surface area contributed by atoms with Gasteiger partial charge in [-0.05, 0) is 29.7 Å². The number of amides is 1. The number of halogens is 1. The van der Waals surface area contributed by atoms with Gasteiger partial charge in [0.05, 0.1) is 0 Å². The molecule has 2 aromatic heterocycles. The van der Waals surface area contributed by atoms with Gasteiger partial charge in [-0.2, -0.15) is 8.42 Å². The number of carbonyl (C=O) groups is 1. The lowest BCUT2D eigenvalue weighted by molar-refractivity contribution is 0.0997. The van der Waals surface area contributed by atoms with E-state index in [1.165, 1.54) is 40.7 Å². The quantitative estimate of drug-likeness (QED) is 0.654. The molecule has 2 N–H and O–H groups in total. The third-order valence-corrected chi connectivity index (χ3v) is 6.44. The van der Waals surface area contributed by atoms with Gasteiger partial charge in [0.1, 0.15) is 11.4 Å². The van der Waals surface area contributed by atoms with Crippen molar-refractivity contribution < 1.29 is 17.4 Å². The topological polar surface area (TPSA) is 117 Å². The highest BCUT2D eigenvalue weighted by Gasteiger charge is 2.31. The zero-order chi connectivity index (χ0) is 18.5. The maximum absolute atomic E-state index is 12.7. The summed E-state index contributed by atoms with van der Waals surface area (Å²) in [5.74, 6) is 0.133. The molecule has 134 valence electrons. The number of pyridine rings is 1. The fourth-order valence-corrected chi connectivity index (χ4v) is 5.39. The number of benzene rings is 1. The number of hydrogen-bond acceptors (Lipinski definition) is 7. The summed E-state index contributed by atoms with van der Waals surface area (Å²) in [5, 5.41) is 1.35. The molecule has 1 amide bonds. The van der Waals surface area contributed by atoms with Crippen LogP contribution in [0, 0.1) is 0 Å². The first-order valence-electron chi connectivity index (χ1n) is 7.39. The smallest absolute Gasteiger partial charge is 0.358 e. The van der Waals surface area contributed by atoms with E-state index in [1.807, 2.05) is 0 Å². The predicted octanol–water partition coefficient (Wildman–Crippen LogP) is 2.06. The third-order valence-electron chi connectivity index (χ3n) is 3.80. The molecule has 1 aliphatic rings. The minimum Gasteiger partial charge on any atom is -0.378 e. The molecule has 3 heterocycles. The molecule has 0 saturated carbocycles. The zero-order valence-corrected chi connectivity index (χ0v) is 15.4. The molecule has 0 bridgehead atoms. The van der Waals surface area contributed by atoms with Crippen LogP contribution in [0.2, 0.25) is 5.15 Å². The van der Waals surface area contributed by atoms with Gasteiger partial charge in [-0.15, -0.1) is 0 Å². The number of aromatic nitrogens is 3. The van der Waals surface area contributed by atoms with E-state index in [9.17, 15) is 13.2 Å². The van der Waals surface area contributed by atoms with Gasteiger partial charge in [0.2, 0.25) is 5.03 Å². The first kappa shape index (κ1) is 17.1. The van der Waals surface area contributed by atoms with Crippen molar-refractivity contribution >= 4 is 50.2 Å². The van der Waals surface area contributed by atoms with Crippen LogP contribution in [0.5, 0.6) is 5.75 Å². The average Bonchev–Trinajstić information content (AvgIpc) is 3.13. The Labute approximate surface area is 157 Å². The molecule has 11 heteroatoms. The number of nitrogens with zero attached hydrogens (tertiary/aromatic N) is 3. The lowest BCUT2D eigenvalue weighted by atomic mass is 10.1. The Morgan fingerprint density at radius 2 is 2.15 bits per heavy atom. The minimum absolute atomic E-state index is 0.0800. The molecule has 4 rings (SSSR count). The summed E-state index contributed by atoms with van der Waals surface area (Å²) in [6.45, 7) is 0.489. The maximum atomic E-state index is 12.7. The molecule has 0 spiro atoms. The van der Waals surface area contributed by atoms with E-state index in [0.717, 1.165) is 5.75 Å². The van der Waals surface area contributed by atoms with Crippen molar-refractivity contribution in [3.63, 3.8) is 0 Å². The number of thioether (sulfide) groups is 1. The van der Waals surface area contributed by atoms with Gasteiger partial charge in [-0.3, -0.25) is 9.78 Å². The van der Waals surface area contributed by atoms with E-state index in [1.54, 1.807) is 6.07 Å². The molecule has 0 radical (unpaired) electrons. The minimum atomic E-state index is -4.17. The third kappa shape index (κ3) is 2.79. The van der Waals surface area contributed by atoms with E-state index in [2.05, 4.69) is 9.97 Å². The molecule has 0 unspecified atom stereocenters. The number of fused-ring (bicyclic) bond motifs is 2. The van der Waals surface area contributed by atoms with Crippen LogP contribution in [0.4, 0.5) is 0 Å². The fraction of sp³-hybridized carbons (Fsp3) is 0.133. The van der Waals surface area contributed by atoms with Crippen molar-refractivity contribution in [3.8, 4) is 5.75 Å². The lowest BCUT2D eigenvalue weighted by Crippen LogP contribution is -2.15. The van der Waals surface area contributed by atoms with E-state index < -0.39 is 16.0 Å². The molecule has 0 aliphatic carbocycles. The number of nitrogens with two attached hydrogens (primary N) is 1. The van der Waals surface area contributed by atoms with Crippen LogP contribution in [-0.2, 0) is 16.7 Å². The van der Waals surface area contributed by atoms with Crippen molar-refractivity contribution in [2.45, 2.75) is 16.7 Å². The Kier molecular flexibility index (Phi) is 4.05. The normalized spacial score (nSPS) is 13.7. The average molecular weight is 411 g/mol. The largest absolute Gasteiger partial charge is 0.378 e. The van der Waals surface area contributed by atoms with Crippen molar-refractivity contribution in [1.29, 1.82) is 0 Å². The van der Waals surface area contributed by atoms with E-state index in [0.29, 0.717) is 22.5 Å². The SMILES string of the molecule is NC(=O)c1nccc2cc(OS(=O)(=O)c3c(Cl)nc4n3CCS4)ccc12. The number of rotatable bonds is 4. The highest BCUT2D eigenvalue weighted by Crippen LogP contribution is 2.34. The van der Waals surface area contributed by atoms with Crippen LogP contribution in [0.3, 0.4) is 0 Å². The summed E-state index contributed by atoms with van der Waals surface area (Å²) in [6.07, 6.45) is 1.42. The van der Waals surface area contributed by atoms with Gasteiger partial charge in [-0.1, -0.05) is 23.4 Å². The molecular formula is C15H11ClN4O4S2. The maximum Gasteiger partial charge on any atom is 0.358 e. The van der Waals surface area contributed by atoms with Gasteiger partial charge in [0.25, 0.3) is 5.91 Å². The van der Waals surface area contributed by atoms with Gasteiger partial charge in [0, 0.05) is 23.9 Å². The molecule has 26 heavy (non-hydrogen) atoms. The summed E-state index contributed by atoms with van der Waals surface area (Å²) in [4.78, 5) is 19.4. The summed E-state index contributed by atoms with van der Waals surface area (Å²) in [5.41, 5.74) is 5.40. The van der Waals surface area contributed by atoms with Crippen molar-refractivity contribution in [1.82, 2.24) is 14.5 Å². The van der Waals surface area contributed by atoms with E-state index >= 15 is 0 Å². The predicted molar refractivity (Wildman–Crippen MR) is 96.0 cm³/mol. The summed E-state index contributed by atoms with van der Waals surface area (Å²) >= 11 is 7.43. The van der Waals surface area contributed by atoms with Gasteiger partial charge < -0.3 is 14.5 Å². The van der Waals surface area contributed by atoms with E-state index in [-0.39, 0.29) is 21.6 Å². The first-order chi connectivity index (χ1) is 12.4. The Hall–Kier alpha value is -2.30. The molecule has 0 fully saturated rings. The van der Waals surface area contributed by atoms with Crippen LogP contribution in [0.1, 0.15) is 10.5 Å². The molecule has 0 saturated heterocycles. The molecule has 8 nitrogen and oxygen atoms in total. The van der Waals surface area contributed by atoms with Crippen LogP contribution in [0.15, 0.2) is 40.6 Å².